The molecule has 2 aliphatic rings. The third-order valence-corrected chi connectivity index (χ3v) is 4.02. The molecule has 0 radical (unpaired) electrons. The van der Waals surface area contributed by atoms with Gasteiger partial charge in [0.2, 0.25) is 0 Å². The van der Waals surface area contributed by atoms with Crippen molar-refractivity contribution in [1.82, 2.24) is 0 Å². The molecule has 20 heavy (non-hydrogen) atoms. The number of hydrogen-bond acceptors (Lipinski definition) is 1. The van der Waals surface area contributed by atoms with Crippen LogP contribution in [0.4, 0.5) is 0 Å². The fourth-order valence-corrected chi connectivity index (χ4v) is 2.66. The van der Waals surface area contributed by atoms with Crippen molar-refractivity contribution >= 4 is 22.0 Å². The van der Waals surface area contributed by atoms with Gasteiger partial charge in [-0.1, -0.05) is 76.7 Å². The lowest BCUT2D eigenvalue weighted by Gasteiger charge is -2.15. The van der Waals surface area contributed by atoms with Crippen molar-refractivity contribution < 1.29 is 4.74 Å². The number of halogens is 1. The molecule has 1 unspecified atom stereocenters. The number of hydrogen-bond donors (Lipinski definition) is 0. The maximum absolute atomic E-state index is 6.08. The normalized spacial score (nSPS) is 20.6. The molecule has 0 amide bonds. The number of rotatable bonds is 2. The highest BCUT2D eigenvalue weighted by Gasteiger charge is 2.14. The lowest BCUT2D eigenvalue weighted by atomic mass is 10.1. The molecule has 0 N–H and O–H groups in total. The Bertz CT molecular complexity index is 647. The zero-order valence-corrected chi connectivity index (χ0v) is 12.6. The van der Waals surface area contributed by atoms with Crippen molar-refractivity contribution in [3.8, 4) is 0 Å². The minimum absolute atomic E-state index is 0.112. The lowest BCUT2D eigenvalue weighted by Crippen LogP contribution is -2.05. The van der Waals surface area contributed by atoms with Crippen LogP contribution in [0.2, 0.25) is 0 Å². The monoisotopic (exact) mass is 326 g/mol. The highest BCUT2D eigenvalue weighted by molar-refractivity contribution is 9.09. The number of allylic oxidation sites excluding steroid dienone is 8. The molecule has 0 saturated carbocycles. The van der Waals surface area contributed by atoms with Crippen LogP contribution < -0.4 is 0 Å². The Morgan fingerprint density at radius 2 is 1.90 bits per heavy atom. The van der Waals surface area contributed by atoms with E-state index in [0.29, 0.717) is 0 Å². The van der Waals surface area contributed by atoms with Crippen LogP contribution in [0.5, 0.6) is 0 Å². The summed E-state index contributed by atoms with van der Waals surface area (Å²) in [6.45, 7) is 0. The fourth-order valence-electron chi connectivity index (χ4n) is 2.24. The third-order valence-electron chi connectivity index (χ3n) is 3.26. The van der Waals surface area contributed by atoms with Gasteiger partial charge in [0.15, 0.2) is 0 Å². The van der Waals surface area contributed by atoms with Crippen molar-refractivity contribution in [2.75, 3.05) is 0 Å². The van der Waals surface area contributed by atoms with Gasteiger partial charge in [0.1, 0.15) is 11.5 Å². The minimum atomic E-state index is 0.112. The first-order valence-electron chi connectivity index (χ1n) is 6.65. The molecule has 0 saturated heterocycles. The maximum atomic E-state index is 6.08. The van der Waals surface area contributed by atoms with Gasteiger partial charge in [-0.3, -0.25) is 0 Å². The molecule has 2 heteroatoms. The largest absolute Gasteiger partial charge is 0.464 e. The van der Waals surface area contributed by atoms with Gasteiger partial charge in [-0.2, -0.15) is 0 Å². The van der Waals surface area contributed by atoms with E-state index in [9.17, 15) is 0 Å². The maximum Gasteiger partial charge on any atom is 0.121 e. The fraction of sp³-hybridized carbons (Fsp3) is 0.111. The van der Waals surface area contributed by atoms with Gasteiger partial charge >= 0.3 is 0 Å². The molecule has 1 aromatic carbocycles. The molecule has 1 aromatic rings. The van der Waals surface area contributed by atoms with E-state index in [2.05, 4.69) is 52.3 Å². The zero-order valence-electron chi connectivity index (χ0n) is 11.0. The summed E-state index contributed by atoms with van der Waals surface area (Å²) in [6.07, 6.45) is 17.1. The third kappa shape index (κ3) is 3.02. The van der Waals surface area contributed by atoms with Crippen LogP contribution in [-0.4, -0.2) is 4.83 Å². The molecule has 1 nitrogen and oxygen atoms in total. The second-order valence-electron chi connectivity index (χ2n) is 4.71. The predicted molar refractivity (Wildman–Crippen MR) is 87.4 cm³/mol. The SMILES string of the molecule is BrC1C=CC=CC=C1OC1=CC=Cc2ccccc2C1. The van der Waals surface area contributed by atoms with Gasteiger partial charge < -0.3 is 4.74 Å². The van der Waals surface area contributed by atoms with Gasteiger partial charge in [0, 0.05) is 6.42 Å². The van der Waals surface area contributed by atoms with E-state index in [4.69, 9.17) is 4.74 Å². The zero-order chi connectivity index (χ0) is 13.8. The highest BCUT2D eigenvalue weighted by Crippen LogP contribution is 2.25. The van der Waals surface area contributed by atoms with E-state index in [1.807, 2.05) is 36.5 Å². The van der Waals surface area contributed by atoms with Gasteiger partial charge in [-0.15, -0.1) is 0 Å². The van der Waals surface area contributed by atoms with E-state index in [1.165, 1.54) is 11.1 Å². The van der Waals surface area contributed by atoms with E-state index < -0.39 is 0 Å². The summed E-state index contributed by atoms with van der Waals surface area (Å²) in [4.78, 5) is 0.112. The Kier molecular flexibility index (Phi) is 4.03. The second kappa shape index (κ2) is 6.10. The van der Waals surface area contributed by atoms with Crippen LogP contribution in [-0.2, 0) is 11.2 Å². The Morgan fingerprint density at radius 1 is 1.00 bits per heavy atom. The van der Waals surface area contributed by atoms with Crippen molar-refractivity contribution in [3.05, 3.63) is 89.4 Å². The van der Waals surface area contributed by atoms with Crippen LogP contribution in [0.1, 0.15) is 11.1 Å². The first-order valence-corrected chi connectivity index (χ1v) is 7.56. The molecule has 0 bridgehead atoms. The lowest BCUT2D eigenvalue weighted by molar-refractivity contribution is 0.294. The van der Waals surface area contributed by atoms with Crippen molar-refractivity contribution in [2.24, 2.45) is 0 Å². The molecule has 2 aliphatic carbocycles. The van der Waals surface area contributed by atoms with E-state index in [0.717, 1.165) is 17.9 Å². The average molecular weight is 327 g/mol. The quantitative estimate of drug-likeness (QED) is 0.700. The van der Waals surface area contributed by atoms with Crippen LogP contribution in [0.15, 0.2) is 78.3 Å². The molecule has 0 aromatic heterocycles. The number of alkyl halides is 1. The standard InChI is InChI=1S/C18H15BrO/c19-17-11-2-1-3-12-18(17)20-16-10-6-9-14-7-4-5-8-15(14)13-16/h1-12,17H,13H2. The second-order valence-corrected chi connectivity index (χ2v) is 5.70. The molecule has 0 fully saturated rings. The van der Waals surface area contributed by atoms with E-state index in [1.54, 1.807) is 0 Å². The van der Waals surface area contributed by atoms with Crippen molar-refractivity contribution in [1.29, 1.82) is 0 Å². The molecule has 0 spiro atoms. The average Bonchev–Trinajstić information content (AvgIpc) is 2.78. The molecule has 3 rings (SSSR count). The molecule has 1 atom stereocenters. The molecular formula is C18H15BrO. The van der Waals surface area contributed by atoms with E-state index >= 15 is 0 Å². The summed E-state index contributed by atoms with van der Waals surface area (Å²) in [7, 11) is 0. The summed E-state index contributed by atoms with van der Waals surface area (Å²) >= 11 is 3.62. The van der Waals surface area contributed by atoms with E-state index in [-0.39, 0.29) is 4.83 Å². The minimum Gasteiger partial charge on any atom is -0.464 e. The summed E-state index contributed by atoms with van der Waals surface area (Å²) in [6, 6.07) is 8.41. The smallest absolute Gasteiger partial charge is 0.121 e. The van der Waals surface area contributed by atoms with Crippen LogP contribution in [0.25, 0.3) is 6.08 Å². The van der Waals surface area contributed by atoms with Gasteiger partial charge in [0.05, 0.1) is 4.83 Å². The topological polar surface area (TPSA) is 9.23 Å². The van der Waals surface area contributed by atoms with Gasteiger partial charge in [0.25, 0.3) is 0 Å². The van der Waals surface area contributed by atoms with Crippen molar-refractivity contribution in [3.63, 3.8) is 0 Å². The number of ether oxygens (including phenoxy) is 1. The molecule has 100 valence electrons. The number of fused-ring (bicyclic) bond motifs is 1. The van der Waals surface area contributed by atoms with Gasteiger partial charge in [-0.25, -0.2) is 0 Å². The first-order chi connectivity index (χ1) is 9.83. The Morgan fingerprint density at radius 3 is 2.85 bits per heavy atom. The Labute approximate surface area is 127 Å². The molecule has 0 aliphatic heterocycles. The summed E-state index contributed by atoms with van der Waals surface area (Å²) in [5.41, 5.74) is 2.55. The van der Waals surface area contributed by atoms with Crippen LogP contribution in [0.3, 0.4) is 0 Å². The predicted octanol–water partition coefficient (Wildman–Crippen LogP) is 4.93. The summed E-state index contributed by atoms with van der Waals surface area (Å²) < 4.78 is 6.08. The Balaban J connectivity index is 1.81. The number of benzene rings is 1. The molecular weight excluding hydrogens is 312 g/mol. The van der Waals surface area contributed by atoms with Gasteiger partial charge in [-0.05, 0) is 23.3 Å². The highest BCUT2D eigenvalue weighted by atomic mass is 79.9. The molecule has 0 heterocycles. The van der Waals surface area contributed by atoms with Crippen LogP contribution in [0, 0.1) is 0 Å². The van der Waals surface area contributed by atoms with Crippen LogP contribution >= 0.6 is 15.9 Å². The Hall–Kier alpha value is -1.80. The summed E-state index contributed by atoms with van der Waals surface area (Å²) in [5.74, 6) is 1.87. The summed E-state index contributed by atoms with van der Waals surface area (Å²) in [5, 5.41) is 0. The first kappa shape index (κ1) is 13.2. The van der Waals surface area contributed by atoms with Crippen molar-refractivity contribution in [2.45, 2.75) is 11.2 Å².